The van der Waals surface area contributed by atoms with Crippen molar-refractivity contribution in [3.05, 3.63) is 61.6 Å². The van der Waals surface area contributed by atoms with E-state index in [1.165, 1.54) is 18.2 Å². The molecule has 0 amide bonds. The van der Waals surface area contributed by atoms with E-state index in [-0.39, 0.29) is 16.5 Å². The Morgan fingerprint density at radius 2 is 2.00 bits per heavy atom. The van der Waals surface area contributed by atoms with Crippen LogP contribution < -0.4 is 4.74 Å². The molecule has 0 aromatic heterocycles. The maximum absolute atomic E-state index is 10.7. The summed E-state index contributed by atoms with van der Waals surface area (Å²) in [6.45, 7) is 0. The summed E-state index contributed by atoms with van der Waals surface area (Å²) in [4.78, 5) is 20.9. The molecule has 0 heterocycles. The van der Waals surface area contributed by atoms with Crippen molar-refractivity contribution >= 4 is 39.5 Å². The van der Waals surface area contributed by atoms with Crippen molar-refractivity contribution in [1.82, 2.24) is 0 Å². The van der Waals surface area contributed by atoms with Crippen LogP contribution in [0.15, 0.2) is 40.9 Å². The molecule has 0 fully saturated rings. The van der Waals surface area contributed by atoms with Gasteiger partial charge in [0, 0.05) is 16.1 Å². The van der Waals surface area contributed by atoms with E-state index in [4.69, 9.17) is 16.3 Å². The van der Waals surface area contributed by atoms with E-state index in [0.717, 1.165) is 0 Å². The number of hydrogen-bond donors (Lipinski definition) is 0. The predicted molar refractivity (Wildman–Crippen MR) is 77.7 cm³/mol. The van der Waals surface area contributed by atoms with Gasteiger partial charge in [-0.05, 0) is 40.2 Å². The fraction of sp³-hybridized carbons (Fsp3) is 0. The third-order valence-corrected chi connectivity index (χ3v) is 3.45. The molecule has 2 aromatic rings. The van der Waals surface area contributed by atoms with Crippen LogP contribution in [0.2, 0.25) is 5.02 Å². The molecule has 7 heteroatoms. The number of rotatable bonds is 4. The second-order valence-corrected chi connectivity index (χ2v) is 5.04. The van der Waals surface area contributed by atoms with Gasteiger partial charge in [0.2, 0.25) is 0 Å². The van der Waals surface area contributed by atoms with E-state index in [0.29, 0.717) is 22.1 Å². The Morgan fingerprint density at radius 3 is 2.60 bits per heavy atom. The lowest BCUT2D eigenvalue weighted by molar-refractivity contribution is -0.384. The van der Waals surface area contributed by atoms with Gasteiger partial charge in [0.1, 0.15) is 5.75 Å². The molecule has 0 saturated carbocycles. The monoisotopic (exact) mass is 355 g/mol. The molecule has 0 aliphatic carbocycles. The van der Waals surface area contributed by atoms with Crippen LogP contribution in [0.5, 0.6) is 11.5 Å². The molecule has 0 unspecified atom stereocenters. The molecule has 0 aliphatic rings. The minimum Gasteiger partial charge on any atom is -0.455 e. The molecule has 2 rings (SSSR count). The molecular formula is C13H7BrClNO4. The SMILES string of the molecule is O=Cc1ccc(Oc2cc([N+](=O)[O-])ccc2Cl)cc1Br. The van der Waals surface area contributed by atoms with Crippen LogP contribution in [0.3, 0.4) is 0 Å². The fourth-order valence-electron chi connectivity index (χ4n) is 1.48. The standard InChI is InChI=1S/C13H7BrClNO4/c14-11-6-10(3-1-8(11)7-17)20-13-5-9(16(18)19)2-4-12(13)15/h1-7H. The zero-order valence-corrected chi connectivity index (χ0v) is 12.2. The summed E-state index contributed by atoms with van der Waals surface area (Å²) in [7, 11) is 0. The van der Waals surface area contributed by atoms with Gasteiger partial charge in [-0.15, -0.1) is 0 Å². The van der Waals surface area contributed by atoms with Crippen molar-refractivity contribution in [3.8, 4) is 11.5 Å². The number of nitro benzene ring substituents is 1. The zero-order valence-electron chi connectivity index (χ0n) is 9.88. The lowest BCUT2D eigenvalue weighted by Gasteiger charge is -2.08. The summed E-state index contributed by atoms with van der Waals surface area (Å²) >= 11 is 9.16. The molecule has 102 valence electrons. The second-order valence-electron chi connectivity index (χ2n) is 3.78. The fourth-order valence-corrected chi connectivity index (χ4v) is 2.09. The van der Waals surface area contributed by atoms with Crippen molar-refractivity contribution < 1.29 is 14.5 Å². The average molecular weight is 357 g/mol. The molecule has 0 N–H and O–H groups in total. The van der Waals surface area contributed by atoms with Gasteiger partial charge >= 0.3 is 0 Å². The van der Waals surface area contributed by atoms with Gasteiger partial charge in [-0.3, -0.25) is 14.9 Å². The van der Waals surface area contributed by atoms with Crippen molar-refractivity contribution in [2.24, 2.45) is 0 Å². The first-order chi connectivity index (χ1) is 9.51. The number of carbonyl (C=O) groups is 1. The highest BCUT2D eigenvalue weighted by atomic mass is 79.9. The molecule has 5 nitrogen and oxygen atoms in total. The molecule has 0 saturated heterocycles. The van der Waals surface area contributed by atoms with Gasteiger partial charge < -0.3 is 4.74 Å². The third-order valence-electron chi connectivity index (χ3n) is 2.45. The van der Waals surface area contributed by atoms with E-state index in [1.807, 2.05) is 0 Å². The molecule has 0 radical (unpaired) electrons. The Kier molecular flexibility index (Phi) is 4.36. The van der Waals surface area contributed by atoms with Crippen LogP contribution in [0, 0.1) is 10.1 Å². The van der Waals surface area contributed by atoms with Crippen molar-refractivity contribution in [2.45, 2.75) is 0 Å². The van der Waals surface area contributed by atoms with Crippen LogP contribution in [0.25, 0.3) is 0 Å². The van der Waals surface area contributed by atoms with Crippen LogP contribution >= 0.6 is 27.5 Å². The molecular weight excluding hydrogens is 350 g/mol. The first-order valence-corrected chi connectivity index (χ1v) is 6.55. The quantitative estimate of drug-likeness (QED) is 0.455. The topological polar surface area (TPSA) is 69.4 Å². The molecule has 0 spiro atoms. The van der Waals surface area contributed by atoms with Crippen LogP contribution in [0.4, 0.5) is 5.69 Å². The number of aldehydes is 1. The van der Waals surface area contributed by atoms with Gasteiger partial charge in [-0.25, -0.2) is 0 Å². The highest BCUT2D eigenvalue weighted by molar-refractivity contribution is 9.10. The number of halogens is 2. The highest BCUT2D eigenvalue weighted by Crippen LogP contribution is 2.33. The number of nitro groups is 1. The number of benzene rings is 2. The highest BCUT2D eigenvalue weighted by Gasteiger charge is 2.12. The lowest BCUT2D eigenvalue weighted by atomic mass is 10.2. The van der Waals surface area contributed by atoms with E-state index < -0.39 is 4.92 Å². The molecule has 20 heavy (non-hydrogen) atoms. The first kappa shape index (κ1) is 14.5. The van der Waals surface area contributed by atoms with Crippen LogP contribution in [0.1, 0.15) is 10.4 Å². The molecule has 2 aromatic carbocycles. The Balaban J connectivity index is 2.34. The van der Waals surface area contributed by atoms with E-state index in [9.17, 15) is 14.9 Å². The van der Waals surface area contributed by atoms with E-state index in [2.05, 4.69) is 15.9 Å². The van der Waals surface area contributed by atoms with Crippen molar-refractivity contribution in [2.75, 3.05) is 0 Å². The van der Waals surface area contributed by atoms with E-state index >= 15 is 0 Å². The number of carbonyl (C=O) groups excluding carboxylic acids is 1. The lowest BCUT2D eigenvalue weighted by Crippen LogP contribution is -1.91. The zero-order chi connectivity index (χ0) is 14.7. The number of non-ortho nitro benzene ring substituents is 1. The van der Waals surface area contributed by atoms with Gasteiger partial charge in [-0.2, -0.15) is 0 Å². The summed E-state index contributed by atoms with van der Waals surface area (Å²) < 4.78 is 6.06. The summed E-state index contributed by atoms with van der Waals surface area (Å²) in [6.07, 6.45) is 0.703. The second kappa shape index (κ2) is 6.02. The smallest absolute Gasteiger partial charge is 0.273 e. The first-order valence-electron chi connectivity index (χ1n) is 5.38. The number of hydrogen-bond acceptors (Lipinski definition) is 4. The third kappa shape index (κ3) is 3.15. The van der Waals surface area contributed by atoms with Crippen LogP contribution in [-0.2, 0) is 0 Å². The van der Waals surface area contributed by atoms with Gasteiger partial charge in [-0.1, -0.05) is 11.6 Å². The Bertz CT molecular complexity index is 690. The summed E-state index contributed by atoms with van der Waals surface area (Å²) in [5.41, 5.74) is 0.357. The summed E-state index contributed by atoms with van der Waals surface area (Å²) in [5.74, 6) is 0.580. The molecule has 0 atom stereocenters. The minimum atomic E-state index is -0.533. The number of nitrogens with zero attached hydrogens (tertiary/aromatic N) is 1. The molecule has 0 bridgehead atoms. The summed E-state index contributed by atoms with van der Waals surface area (Å²) in [6, 6.07) is 8.65. The van der Waals surface area contributed by atoms with Crippen LogP contribution in [-0.4, -0.2) is 11.2 Å². The average Bonchev–Trinajstić information content (AvgIpc) is 2.41. The Labute approximate surface area is 127 Å². The van der Waals surface area contributed by atoms with Crippen molar-refractivity contribution in [3.63, 3.8) is 0 Å². The normalized spacial score (nSPS) is 10.1. The van der Waals surface area contributed by atoms with E-state index in [1.54, 1.807) is 18.2 Å². The summed E-state index contributed by atoms with van der Waals surface area (Å²) in [5, 5.41) is 11.0. The van der Waals surface area contributed by atoms with Gasteiger partial charge in [0.25, 0.3) is 5.69 Å². The Hall–Kier alpha value is -1.92. The maximum atomic E-state index is 10.7. The largest absolute Gasteiger partial charge is 0.455 e. The van der Waals surface area contributed by atoms with Crippen molar-refractivity contribution in [1.29, 1.82) is 0 Å². The Morgan fingerprint density at radius 1 is 1.25 bits per heavy atom. The molecule has 0 aliphatic heterocycles. The van der Waals surface area contributed by atoms with Gasteiger partial charge in [0.05, 0.1) is 16.0 Å². The minimum absolute atomic E-state index is 0.118. The predicted octanol–water partition coefficient (Wildman–Crippen LogP) is 4.62. The number of ether oxygens (including phenoxy) is 1. The van der Waals surface area contributed by atoms with Gasteiger partial charge in [0.15, 0.2) is 12.0 Å². The maximum Gasteiger partial charge on any atom is 0.273 e.